The molecule has 3 aromatic rings. The van der Waals surface area contributed by atoms with Gasteiger partial charge in [0.25, 0.3) is 15.9 Å². The Hall–Kier alpha value is -2.33. The molecular weight excluding hydrogens is 446 g/mol. The van der Waals surface area contributed by atoms with Gasteiger partial charge in [0, 0.05) is 12.5 Å². The first-order valence-corrected chi connectivity index (χ1v) is 10.8. The maximum absolute atomic E-state index is 13.7. The van der Waals surface area contributed by atoms with E-state index in [1.807, 2.05) is 0 Å². The highest BCUT2D eigenvalue weighted by atomic mass is 35.5. The lowest BCUT2D eigenvalue weighted by molar-refractivity contribution is 0.0174. The molecule has 1 aliphatic heterocycles. The Balaban J connectivity index is 1.86. The average molecular weight is 462 g/mol. The molecule has 2 heterocycles. The standard InChI is InChI=1S/C19H16ClF4N3O2S/c1-19(23,24)11-5-7-12(8-6-11)30(28,29)27-16-4-2-3-13(20)17(16)18(25-27)26-9-14(21)15(22)10-26/h2-8,14-15H,9-10H2,1H3/t14-,15-/m1/s1. The lowest BCUT2D eigenvalue weighted by Crippen LogP contribution is -2.22. The van der Waals surface area contributed by atoms with E-state index in [0.29, 0.717) is 11.0 Å². The summed E-state index contributed by atoms with van der Waals surface area (Å²) in [5, 5.41) is 4.51. The number of halogens is 5. The Labute approximate surface area is 174 Å². The second kappa shape index (κ2) is 7.12. The number of rotatable bonds is 4. The molecule has 1 aromatic heterocycles. The van der Waals surface area contributed by atoms with E-state index in [0.717, 1.165) is 24.3 Å². The van der Waals surface area contributed by atoms with E-state index in [4.69, 9.17) is 11.6 Å². The minimum atomic E-state index is -4.29. The summed E-state index contributed by atoms with van der Waals surface area (Å²) >= 11 is 6.25. The van der Waals surface area contributed by atoms with Crippen LogP contribution in [0.2, 0.25) is 5.02 Å². The summed E-state index contributed by atoms with van der Waals surface area (Å²) in [5.74, 6) is -3.08. The molecule has 0 saturated carbocycles. The highest BCUT2D eigenvalue weighted by Crippen LogP contribution is 2.36. The molecule has 11 heteroatoms. The molecule has 5 nitrogen and oxygen atoms in total. The van der Waals surface area contributed by atoms with Gasteiger partial charge in [-0.15, -0.1) is 5.10 Å². The highest BCUT2D eigenvalue weighted by Gasteiger charge is 2.36. The van der Waals surface area contributed by atoms with Crippen LogP contribution in [-0.4, -0.2) is 43.0 Å². The third kappa shape index (κ3) is 3.41. The normalized spacial score (nSPS) is 20.3. The molecule has 0 radical (unpaired) electrons. The smallest absolute Gasteiger partial charge is 0.283 e. The van der Waals surface area contributed by atoms with Gasteiger partial charge in [-0.1, -0.05) is 29.8 Å². The molecule has 0 spiro atoms. The van der Waals surface area contributed by atoms with Gasteiger partial charge in [0.05, 0.1) is 33.9 Å². The lowest BCUT2D eigenvalue weighted by atomic mass is 10.1. The number of hydrogen-bond donors (Lipinski definition) is 0. The van der Waals surface area contributed by atoms with Crippen molar-refractivity contribution in [3.05, 3.63) is 53.1 Å². The predicted molar refractivity (Wildman–Crippen MR) is 105 cm³/mol. The van der Waals surface area contributed by atoms with Crippen LogP contribution in [0.3, 0.4) is 0 Å². The Kier molecular flexibility index (Phi) is 4.97. The molecule has 0 unspecified atom stereocenters. The zero-order valence-electron chi connectivity index (χ0n) is 15.6. The van der Waals surface area contributed by atoms with Gasteiger partial charge in [-0.2, -0.15) is 12.5 Å². The number of aromatic nitrogens is 2. The second-order valence-corrected chi connectivity index (χ2v) is 9.33. The first-order valence-electron chi connectivity index (χ1n) is 8.94. The van der Waals surface area contributed by atoms with Crippen LogP contribution >= 0.6 is 11.6 Å². The fourth-order valence-corrected chi connectivity index (χ4v) is 4.93. The first-order chi connectivity index (χ1) is 14.0. The van der Waals surface area contributed by atoms with Crippen LogP contribution in [0.4, 0.5) is 23.4 Å². The monoisotopic (exact) mass is 461 g/mol. The largest absolute Gasteiger partial charge is 0.348 e. The van der Waals surface area contributed by atoms with Gasteiger partial charge >= 0.3 is 0 Å². The molecule has 1 fully saturated rings. The summed E-state index contributed by atoms with van der Waals surface area (Å²) in [5.41, 5.74) is -0.226. The molecule has 0 amide bonds. The molecule has 2 aromatic carbocycles. The molecule has 2 atom stereocenters. The fourth-order valence-electron chi connectivity index (χ4n) is 3.40. The van der Waals surface area contributed by atoms with E-state index in [1.54, 1.807) is 0 Å². The minimum Gasteiger partial charge on any atom is -0.348 e. The van der Waals surface area contributed by atoms with E-state index in [9.17, 15) is 26.0 Å². The van der Waals surface area contributed by atoms with Crippen molar-refractivity contribution in [2.45, 2.75) is 30.1 Å². The number of benzene rings is 2. The van der Waals surface area contributed by atoms with Crippen molar-refractivity contribution in [1.82, 2.24) is 9.19 Å². The van der Waals surface area contributed by atoms with Gasteiger partial charge in [-0.25, -0.2) is 17.6 Å². The molecule has 4 rings (SSSR count). The predicted octanol–water partition coefficient (Wildman–Crippen LogP) is 4.53. The first kappa shape index (κ1) is 20.9. The van der Waals surface area contributed by atoms with Gasteiger partial charge < -0.3 is 4.90 Å². The van der Waals surface area contributed by atoms with Gasteiger partial charge in [0.15, 0.2) is 18.2 Å². The SMILES string of the molecule is CC(F)(F)c1ccc(S(=O)(=O)n2nc(N3C[C@@H](F)[C@H](F)C3)c3c(Cl)cccc32)cc1. The molecular formula is C19H16ClF4N3O2S. The Bertz CT molecular complexity index is 1200. The van der Waals surface area contributed by atoms with Crippen molar-refractivity contribution in [2.75, 3.05) is 18.0 Å². The molecule has 0 bridgehead atoms. The third-order valence-electron chi connectivity index (χ3n) is 4.98. The van der Waals surface area contributed by atoms with E-state index in [1.165, 1.54) is 23.1 Å². The van der Waals surface area contributed by atoms with Crippen molar-refractivity contribution in [2.24, 2.45) is 0 Å². The van der Waals surface area contributed by atoms with Gasteiger partial charge in [-0.3, -0.25) is 0 Å². The van der Waals surface area contributed by atoms with Crippen LogP contribution in [0.1, 0.15) is 12.5 Å². The third-order valence-corrected chi connectivity index (χ3v) is 6.89. The summed E-state index contributed by atoms with van der Waals surface area (Å²) < 4.78 is 81.4. The average Bonchev–Trinajstić information content (AvgIpc) is 3.23. The molecule has 1 aliphatic rings. The summed E-state index contributed by atoms with van der Waals surface area (Å²) in [7, 11) is -4.29. The van der Waals surface area contributed by atoms with Gasteiger partial charge in [0.1, 0.15) is 0 Å². The molecule has 1 saturated heterocycles. The summed E-state index contributed by atoms with van der Waals surface area (Å²) in [6.07, 6.45) is -3.46. The van der Waals surface area contributed by atoms with Crippen molar-refractivity contribution in [3.8, 4) is 0 Å². The van der Waals surface area contributed by atoms with Crippen molar-refractivity contribution >= 4 is 38.3 Å². The van der Waals surface area contributed by atoms with Crippen LogP contribution in [-0.2, 0) is 15.9 Å². The summed E-state index contributed by atoms with van der Waals surface area (Å²) in [6.45, 7) is 0.121. The van der Waals surface area contributed by atoms with Crippen LogP contribution in [0.15, 0.2) is 47.4 Å². The minimum absolute atomic E-state index is 0.0405. The fraction of sp³-hybridized carbons (Fsp3) is 0.316. The summed E-state index contributed by atoms with van der Waals surface area (Å²) in [4.78, 5) is 1.04. The second-order valence-electron chi connectivity index (χ2n) is 7.16. The van der Waals surface area contributed by atoms with Crippen LogP contribution in [0, 0.1) is 0 Å². The Morgan fingerprint density at radius 1 is 1.07 bits per heavy atom. The molecule has 0 N–H and O–H groups in total. The maximum atomic E-state index is 13.7. The Morgan fingerprint density at radius 2 is 1.67 bits per heavy atom. The number of hydrogen-bond acceptors (Lipinski definition) is 4. The van der Waals surface area contributed by atoms with Crippen LogP contribution in [0.25, 0.3) is 10.9 Å². The van der Waals surface area contributed by atoms with Gasteiger partial charge in [-0.05, 0) is 24.3 Å². The number of alkyl halides is 4. The highest BCUT2D eigenvalue weighted by molar-refractivity contribution is 7.90. The van der Waals surface area contributed by atoms with E-state index < -0.39 is 28.3 Å². The molecule has 0 aliphatic carbocycles. The lowest BCUT2D eigenvalue weighted by Gasteiger charge is -2.14. The van der Waals surface area contributed by atoms with E-state index in [-0.39, 0.29) is 45.3 Å². The van der Waals surface area contributed by atoms with E-state index in [2.05, 4.69) is 5.10 Å². The molecule has 30 heavy (non-hydrogen) atoms. The van der Waals surface area contributed by atoms with E-state index >= 15 is 0 Å². The quantitative estimate of drug-likeness (QED) is 0.535. The van der Waals surface area contributed by atoms with Crippen molar-refractivity contribution in [1.29, 1.82) is 0 Å². The zero-order chi connectivity index (χ0) is 21.8. The van der Waals surface area contributed by atoms with Crippen LogP contribution < -0.4 is 4.90 Å². The summed E-state index contributed by atoms with van der Waals surface area (Å²) in [6, 6.07) is 8.65. The zero-order valence-corrected chi connectivity index (χ0v) is 17.1. The Morgan fingerprint density at radius 3 is 2.23 bits per heavy atom. The topological polar surface area (TPSA) is 55.2 Å². The maximum Gasteiger partial charge on any atom is 0.283 e. The van der Waals surface area contributed by atoms with Crippen molar-refractivity contribution in [3.63, 3.8) is 0 Å². The van der Waals surface area contributed by atoms with Gasteiger partial charge in [0.2, 0.25) is 0 Å². The number of anilines is 1. The number of fused-ring (bicyclic) bond motifs is 1. The van der Waals surface area contributed by atoms with Crippen molar-refractivity contribution < 1.29 is 26.0 Å². The molecule has 160 valence electrons. The van der Waals surface area contributed by atoms with Crippen LogP contribution in [0.5, 0.6) is 0 Å². The number of nitrogens with zero attached hydrogens (tertiary/aromatic N) is 3.